The lowest BCUT2D eigenvalue weighted by atomic mass is 10.0. The van der Waals surface area contributed by atoms with Crippen molar-refractivity contribution < 1.29 is 13.2 Å². The SMILES string of the molecule is CC1=C(C)C(Cl)=NC(c2ccccc2C(F)(F)F)N1. The molecule has 1 aromatic rings. The van der Waals surface area contributed by atoms with Crippen molar-refractivity contribution in [1.82, 2.24) is 5.32 Å². The van der Waals surface area contributed by atoms with E-state index >= 15 is 0 Å². The minimum atomic E-state index is -4.41. The maximum absolute atomic E-state index is 13.0. The van der Waals surface area contributed by atoms with Gasteiger partial charge in [-0.1, -0.05) is 29.8 Å². The summed E-state index contributed by atoms with van der Waals surface area (Å²) >= 11 is 5.94. The van der Waals surface area contributed by atoms with Gasteiger partial charge >= 0.3 is 6.18 Å². The number of aliphatic imine (C=N–C) groups is 1. The predicted octanol–water partition coefficient (Wildman–Crippen LogP) is 4.24. The monoisotopic (exact) mass is 288 g/mol. The zero-order chi connectivity index (χ0) is 14.2. The zero-order valence-corrected chi connectivity index (χ0v) is 11.1. The van der Waals surface area contributed by atoms with Crippen LogP contribution in [0.2, 0.25) is 0 Å². The molecule has 0 saturated carbocycles. The molecule has 1 unspecified atom stereocenters. The van der Waals surface area contributed by atoms with Crippen LogP contribution < -0.4 is 5.32 Å². The van der Waals surface area contributed by atoms with Gasteiger partial charge in [0, 0.05) is 16.8 Å². The van der Waals surface area contributed by atoms with Crippen molar-refractivity contribution in [1.29, 1.82) is 0 Å². The van der Waals surface area contributed by atoms with E-state index in [1.54, 1.807) is 19.9 Å². The molecule has 1 aliphatic heterocycles. The molecule has 102 valence electrons. The average molecular weight is 289 g/mol. The summed E-state index contributed by atoms with van der Waals surface area (Å²) in [7, 11) is 0. The number of rotatable bonds is 1. The molecule has 0 spiro atoms. The number of halogens is 4. The number of allylic oxidation sites excluding steroid dienone is 2. The van der Waals surface area contributed by atoms with E-state index in [0.717, 1.165) is 17.3 Å². The van der Waals surface area contributed by atoms with E-state index in [0.29, 0.717) is 0 Å². The third kappa shape index (κ3) is 2.76. The van der Waals surface area contributed by atoms with Crippen LogP contribution in [0.3, 0.4) is 0 Å². The van der Waals surface area contributed by atoms with Crippen molar-refractivity contribution in [3.8, 4) is 0 Å². The summed E-state index contributed by atoms with van der Waals surface area (Å²) in [4.78, 5) is 4.07. The Kier molecular flexibility index (Phi) is 3.58. The minimum Gasteiger partial charge on any atom is -0.363 e. The van der Waals surface area contributed by atoms with Crippen molar-refractivity contribution in [2.75, 3.05) is 0 Å². The van der Waals surface area contributed by atoms with Crippen molar-refractivity contribution >= 4 is 16.8 Å². The molecule has 1 heterocycles. The summed E-state index contributed by atoms with van der Waals surface area (Å²) < 4.78 is 38.9. The summed E-state index contributed by atoms with van der Waals surface area (Å²) in [6.45, 7) is 3.52. The van der Waals surface area contributed by atoms with Gasteiger partial charge in [0.05, 0.1) is 5.56 Å². The summed E-state index contributed by atoms with van der Waals surface area (Å²) in [5.41, 5.74) is 0.831. The summed E-state index contributed by atoms with van der Waals surface area (Å²) in [5, 5.41) is 3.17. The third-order valence-corrected chi connectivity index (χ3v) is 3.41. The minimum absolute atomic E-state index is 0.0694. The number of nitrogens with one attached hydrogen (secondary N) is 1. The Morgan fingerprint density at radius 3 is 2.42 bits per heavy atom. The zero-order valence-electron chi connectivity index (χ0n) is 10.3. The Morgan fingerprint density at radius 2 is 1.84 bits per heavy atom. The first kappa shape index (κ1) is 13.9. The maximum atomic E-state index is 13.0. The Balaban J connectivity index is 2.46. The number of hydrogen-bond acceptors (Lipinski definition) is 2. The number of nitrogens with zero attached hydrogens (tertiary/aromatic N) is 1. The van der Waals surface area contributed by atoms with Crippen LogP contribution in [-0.2, 0) is 6.18 Å². The molecule has 0 aromatic heterocycles. The van der Waals surface area contributed by atoms with Crippen LogP contribution in [0.5, 0.6) is 0 Å². The molecule has 0 bridgehead atoms. The van der Waals surface area contributed by atoms with E-state index in [9.17, 15) is 13.2 Å². The van der Waals surface area contributed by atoms with Gasteiger partial charge in [-0.2, -0.15) is 13.2 Å². The highest BCUT2D eigenvalue weighted by atomic mass is 35.5. The largest absolute Gasteiger partial charge is 0.416 e. The first-order chi connectivity index (χ1) is 8.80. The highest BCUT2D eigenvalue weighted by Gasteiger charge is 2.35. The molecule has 0 saturated heterocycles. The van der Waals surface area contributed by atoms with E-state index in [2.05, 4.69) is 10.3 Å². The summed E-state index contributed by atoms with van der Waals surface area (Å²) in [5.74, 6) is 0. The molecule has 2 nitrogen and oxygen atoms in total. The molecule has 1 aromatic carbocycles. The smallest absolute Gasteiger partial charge is 0.363 e. The van der Waals surface area contributed by atoms with Crippen LogP contribution in [0.1, 0.15) is 31.1 Å². The van der Waals surface area contributed by atoms with Gasteiger partial charge in [0.2, 0.25) is 0 Å². The first-order valence-electron chi connectivity index (χ1n) is 5.64. The molecule has 1 atom stereocenters. The van der Waals surface area contributed by atoms with E-state index in [-0.39, 0.29) is 10.7 Å². The molecule has 2 rings (SSSR count). The Hall–Kier alpha value is -1.49. The van der Waals surface area contributed by atoms with Crippen molar-refractivity contribution in [2.24, 2.45) is 4.99 Å². The van der Waals surface area contributed by atoms with E-state index < -0.39 is 17.9 Å². The van der Waals surface area contributed by atoms with Gasteiger partial charge in [0.1, 0.15) is 11.3 Å². The Morgan fingerprint density at radius 1 is 1.21 bits per heavy atom. The lowest BCUT2D eigenvalue weighted by molar-refractivity contribution is -0.138. The first-order valence-corrected chi connectivity index (χ1v) is 6.02. The molecule has 0 aliphatic carbocycles. The summed E-state index contributed by atoms with van der Waals surface area (Å²) in [6, 6.07) is 5.35. The van der Waals surface area contributed by atoms with Crippen LogP contribution in [0, 0.1) is 0 Å². The molecule has 1 aliphatic rings. The maximum Gasteiger partial charge on any atom is 0.416 e. The van der Waals surface area contributed by atoms with Gasteiger partial charge < -0.3 is 5.32 Å². The third-order valence-electron chi connectivity index (χ3n) is 3.03. The topological polar surface area (TPSA) is 24.4 Å². The second-order valence-electron chi connectivity index (χ2n) is 4.30. The molecule has 0 fully saturated rings. The number of hydrogen-bond donors (Lipinski definition) is 1. The van der Waals surface area contributed by atoms with Crippen LogP contribution in [0.4, 0.5) is 13.2 Å². The van der Waals surface area contributed by atoms with E-state index in [1.165, 1.54) is 12.1 Å². The number of alkyl halides is 3. The van der Waals surface area contributed by atoms with E-state index in [1.807, 2.05) is 0 Å². The molecule has 0 radical (unpaired) electrons. The fourth-order valence-electron chi connectivity index (χ4n) is 1.85. The highest BCUT2D eigenvalue weighted by molar-refractivity contribution is 6.69. The highest BCUT2D eigenvalue weighted by Crippen LogP contribution is 2.36. The van der Waals surface area contributed by atoms with Crippen LogP contribution in [-0.4, -0.2) is 5.17 Å². The fourth-order valence-corrected chi connectivity index (χ4v) is 2.09. The van der Waals surface area contributed by atoms with Crippen LogP contribution >= 0.6 is 11.6 Å². The van der Waals surface area contributed by atoms with Gasteiger partial charge in [-0.15, -0.1) is 0 Å². The second kappa shape index (κ2) is 4.89. The van der Waals surface area contributed by atoms with Crippen LogP contribution in [0.25, 0.3) is 0 Å². The molecule has 19 heavy (non-hydrogen) atoms. The van der Waals surface area contributed by atoms with Gasteiger partial charge in [-0.05, 0) is 19.9 Å². The molecule has 0 amide bonds. The van der Waals surface area contributed by atoms with Crippen molar-refractivity contribution in [3.63, 3.8) is 0 Å². The second-order valence-corrected chi connectivity index (χ2v) is 4.66. The van der Waals surface area contributed by atoms with Crippen LogP contribution in [0.15, 0.2) is 40.5 Å². The van der Waals surface area contributed by atoms with Gasteiger partial charge in [-0.25, -0.2) is 4.99 Å². The normalized spacial score (nSPS) is 20.1. The van der Waals surface area contributed by atoms with Gasteiger partial charge in [0.15, 0.2) is 0 Å². The van der Waals surface area contributed by atoms with E-state index in [4.69, 9.17) is 11.6 Å². The fraction of sp³-hybridized carbons (Fsp3) is 0.308. The Bertz CT molecular complexity index is 561. The lowest BCUT2D eigenvalue weighted by Crippen LogP contribution is -2.27. The van der Waals surface area contributed by atoms with Crippen molar-refractivity contribution in [3.05, 3.63) is 46.7 Å². The Labute approximate surface area is 114 Å². The van der Waals surface area contributed by atoms with Gasteiger partial charge in [0.25, 0.3) is 0 Å². The molecule has 1 N–H and O–H groups in total. The summed E-state index contributed by atoms with van der Waals surface area (Å²) in [6.07, 6.45) is -5.22. The molecular weight excluding hydrogens is 277 g/mol. The van der Waals surface area contributed by atoms with Crippen molar-refractivity contribution in [2.45, 2.75) is 26.2 Å². The predicted molar refractivity (Wildman–Crippen MR) is 69.0 cm³/mol. The standard InChI is InChI=1S/C13H12ClF3N2/c1-7-8(2)18-12(19-11(7)14)9-5-3-4-6-10(9)13(15,16)17/h3-6,12,18H,1-2H3. The quantitative estimate of drug-likeness (QED) is 0.821. The lowest BCUT2D eigenvalue weighted by Gasteiger charge is -2.25. The number of benzene rings is 1. The molecule has 6 heteroatoms. The average Bonchev–Trinajstić information content (AvgIpc) is 2.34. The molecular formula is C13H12ClF3N2. The van der Waals surface area contributed by atoms with Gasteiger partial charge in [-0.3, -0.25) is 0 Å².